The number of aromatic hydroxyl groups is 1. The molecule has 0 amide bonds. The molecule has 1 fully saturated rings. The van der Waals surface area contributed by atoms with Crippen molar-refractivity contribution in [2.75, 3.05) is 20.1 Å². The van der Waals surface area contributed by atoms with Crippen molar-refractivity contribution in [3.8, 4) is 5.75 Å². The van der Waals surface area contributed by atoms with Gasteiger partial charge in [0.05, 0.1) is 0 Å². The molecule has 2 unspecified atom stereocenters. The molecule has 3 nitrogen and oxygen atoms in total. The van der Waals surface area contributed by atoms with E-state index in [0.29, 0.717) is 18.2 Å². The fourth-order valence-corrected chi connectivity index (χ4v) is 3.17. The average molecular weight is 269 g/mol. The first-order chi connectivity index (χ1) is 8.45. The lowest BCUT2D eigenvalue weighted by Gasteiger charge is -2.24. The lowest BCUT2D eigenvalue weighted by molar-refractivity contribution is 0.304. The fraction of sp³-hybridized carbons (Fsp3) is 0.571. The Labute approximate surface area is 114 Å². The van der Waals surface area contributed by atoms with E-state index in [0.717, 1.165) is 34.7 Å². The minimum Gasteiger partial charge on any atom is -0.507 e. The van der Waals surface area contributed by atoms with Gasteiger partial charge in [-0.1, -0.05) is 11.6 Å². The van der Waals surface area contributed by atoms with Crippen molar-refractivity contribution in [3.63, 3.8) is 0 Å². The molecule has 0 saturated carbocycles. The maximum absolute atomic E-state index is 10.3. The lowest BCUT2D eigenvalue weighted by atomic mass is 9.93. The Morgan fingerprint density at radius 3 is 2.72 bits per heavy atom. The third-order valence-corrected chi connectivity index (χ3v) is 4.43. The molecule has 0 bridgehead atoms. The van der Waals surface area contributed by atoms with Crippen LogP contribution in [0.3, 0.4) is 0 Å². The maximum atomic E-state index is 10.3. The zero-order valence-electron chi connectivity index (χ0n) is 11.2. The van der Waals surface area contributed by atoms with Crippen molar-refractivity contribution in [3.05, 3.63) is 27.8 Å². The number of aryl methyl sites for hydroxylation is 1. The first-order valence-corrected chi connectivity index (χ1v) is 6.72. The van der Waals surface area contributed by atoms with Gasteiger partial charge < -0.3 is 10.8 Å². The molecule has 0 aromatic heterocycles. The second kappa shape index (κ2) is 5.08. The molecule has 0 aliphatic carbocycles. The second-order valence-corrected chi connectivity index (χ2v) is 5.76. The monoisotopic (exact) mass is 268 g/mol. The van der Waals surface area contributed by atoms with Crippen molar-refractivity contribution in [2.45, 2.75) is 26.3 Å². The van der Waals surface area contributed by atoms with Crippen LogP contribution in [0, 0.1) is 19.8 Å². The van der Waals surface area contributed by atoms with Gasteiger partial charge in [-0.2, -0.15) is 0 Å². The Morgan fingerprint density at radius 1 is 1.50 bits per heavy atom. The Hall–Kier alpha value is -0.770. The maximum Gasteiger partial charge on any atom is 0.123 e. The van der Waals surface area contributed by atoms with E-state index >= 15 is 0 Å². The first-order valence-electron chi connectivity index (χ1n) is 6.34. The van der Waals surface area contributed by atoms with Gasteiger partial charge in [0.15, 0.2) is 0 Å². The molecule has 1 aliphatic rings. The number of nitrogens with two attached hydrogens (primary N) is 1. The lowest BCUT2D eigenvalue weighted by Crippen LogP contribution is -2.21. The van der Waals surface area contributed by atoms with Gasteiger partial charge in [-0.15, -0.1) is 0 Å². The SMILES string of the molecule is Cc1cc(Cl)c(C)c(C2CC(CN)CN2C)c1O. The molecule has 100 valence electrons. The fourth-order valence-electron chi connectivity index (χ4n) is 2.91. The highest BCUT2D eigenvalue weighted by Gasteiger charge is 2.33. The van der Waals surface area contributed by atoms with Crippen molar-refractivity contribution in [1.29, 1.82) is 0 Å². The van der Waals surface area contributed by atoms with E-state index in [1.165, 1.54) is 0 Å². The van der Waals surface area contributed by atoms with Gasteiger partial charge in [0, 0.05) is 23.2 Å². The summed E-state index contributed by atoms with van der Waals surface area (Å²) >= 11 is 6.23. The molecule has 1 aliphatic heterocycles. The zero-order chi connectivity index (χ0) is 13.4. The summed E-state index contributed by atoms with van der Waals surface area (Å²) in [5, 5.41) is 11.1. The van der Waals surface area contributed by atoms with E-state index in [1.54, 1.807) is 0 Å². The van der Waals surface area contributed by atoms with Crippen LogP contribution in [0.4, 0.5) is 0 Å². The van der Waals surface area contributed by atoms with Gasteiger partial charge in [0.2, 0.25) is 0 Å². The Kier molecular flexibility index (Phi) is 3.85. The van der Waals surface area contributed by atoms with Gasteiger partial charge in [-0.25, -0.2) is 0 Å². The standard InChI is InChI=1S/C14H21ClN2O/c1-8-4-11(15)9(2)13(14(8)18)12-5-10(6-16)7-17(12)3/h4,10,12,18H,5-7,16H2,1-3H3. The number of hydrogen-bond donors (Lipinski definition) is 2. The molecule has 0 spiro atoms. The molecule has 0 radical (unpaired) electrons. The molecule has 1 aromatic carbocycles. The molecular formula is C14H21ClN2O. The van der Waals surface area contributed by atoms with Crippen LogP contribution in [0.2, 0.25) is 5.02 Å². The summed E-state index contributed by atoms with van der Waals surface area (Å²) in [7, 11) is 2.08. The van der Waals surface area contributed by atoms with Gasteiger partial charge >= 0.3 is 0 Å². The highest BCUT2D eigenvalue weighted by molar-refractivity contribution is 6.31. The Morgan fingerprint density at radius 2 is 2.17 bits per heavy atom. The number of rotatable bonds is 2. The summed E-state index contributed by atoms with van der Waals surface area (Å²) in [5.74, 6) is 0.879. The van der Waals surface area contributed by atoms with Gasteiger partial charge in [-0.3, -0.25) is 4.90 Å². The largest absolute Gasteiger partial charge is 0.507 e. The number of phenolic OH excluding ortho intramolecular Hbond substituents is 1. The molecule has 3 N–H and O–H groups in total. The predicted molar refractivity (Wildman–Crippen MR) is 75.1 cm³/mol. The quantitative estimate of drug-likeness (QED) is 0.867. The van der Waals surface area contributed by atoms with Gasteiger partial charge in [0.25, 0.3) is 0 Å². The van der Waals surface area contributed by atoms with E-state index in [-0.39, 0.29) is 6.04 Å². The van der Waals surface area contributed by atoms with Crippen molar-refractivity contribution in [2.24, 2.45) is 11.7 Å². The Bertz CT molecular complexity index is 435. The molecule has 1 heterocycles. The van der Waals surface area contributed by atoms with Crippen LogP contribution in [0.25, 0.3) is 0 Å². The molecule has 4 heteroatoms. The number of benzene rings is 1. The normalized spacial score (nSPS) is 24.7. The highest BCUT2D eigenvalue weighted by atomic mass is 35.5. The highest BCUT2D eigenvalue weighted by Crippen LogP contribution is 2.42. The summed E-state index contributed by atoms with van der Waals surface area (Å²) < 4.78 is 0. The van der Waals surface area contributed by atoms with Crippen molar-refractivity contribution >= 4 is 11.6 Å². The smallest absolute Gasteiger partial charge is 0.123 e. The minimum absolute atomic E-state index is 0.218. The Balaban J connectivity index is 2.45. The summed E-state index contributed by atoms with van der Waals surface area (Å²) in [6.07, 6.45) is 0.987. The average Bonchev–Trinajstić information content (AvgIpc) is 2.69. The molecule has 2 atom stereocenters. The van der Waals surface area contributed by atoms with E-state index in [4.69, 9.17) is 17.3 Å². The van der Waals surface area contributed by atoms with Crippen LogP contribution in [-0.4, -0.2) is 30.1 Å². The molecule has 18 heavy (non-hydrogen) atoms. The van der Waals surface area contributed by atoms with E-state index < -0.39 is 0 Å². The molecule has 1 saturated heterocycles. The van der Waals surface area contributed by atoms with Crippen LogP contribution < -0.4 is 5.73 Å². The summed E-state index contributed by atoms with van der Waals surface area (Å²) in [4.78, 5) is 2.26. The minimum atomic E-state index is 0.218. The van der Waals surface area contributed by atoms with Gasteiger partial charge in [-0.05, 0) is 57.0 Å². The number of nitrogens with zero attached hydrogens (tertiary/aromatic N) is 1. The molecule has 1 aromatic rings. The van der Waals surface area contributed by atoms with E-state index in [1.807, 2.05) is 19.9 Å². The van der Waals surface area contributed by atoms with Crippen LogP contribution in [0.15, 0.2) is 6.07 Å². The third-order valence-electron chi connectivity index (χ3n) is 4.04. The van der Waals surface area contributed by atoms with Crippen molar-refractivity contribution in [1.82, 2.24) is 4.90 Å². The molecular weight excluding hydrogens is 248 g/mol. The van der Waals surface area contributed by atoms with Crippen LogP contribution in [0.1, 0.15) is 29.2 Å². The topological polar surface area (TPSA) is 49.5 Å². The predicted octanol–water partition coefficient (Wildman–Crippen LogP) is 2.61. The van der Waals surface area contributed by atoms with Crippen LogP contribution >= 0.6 is 11.6 Å². The van der Waals surface area contributed by atoms with E-state index in [2.05, 4.69) is 11.9 Å². The summed E-state index contributed by atoms with van der Waals surface area (Å²) in [5.41, 5.74) is 8.55. The van der Waals surface area contributed by atoms with E-state index in [9.17, 15) is 5.11 Å². The number of hydrogen-bond acceptors (Lipinski definition) is 3. The number of likely N-dealkylation sites (tertiary alicyclic amines) is 1. The second-order valence-electron chi connectivity index (χ2n) is 5.36. The first kappa shape index (κ1) is 13.7. The van der Waals surface area contributed by atoms with Crippen LogP contribution in [0.5, 0.6) is 5.75 Å². The third kappa shape index (κ3) is 2.22. The summed E-state index contributed by atoms with van der Waals surface area (Å²) in [6, 6.07) is 2.04. The number of halogens is 1. The summed E-state index contributed by atoms with van der Waals surface area (Å²) in [6.45, 7) is 5.53. The van der Waals surface area contributed by atoms with Crippen molar-refractivity contribution < 1.29 is 5.11 Å². The zero-order valence-corrected chi connectivity index (χ0v) is 12.0. The van der Waals surface area contributed by atoms with Crippen LogP contribution in [-0.2, 0) is 0 Å². The molecule has 2 rings (SSSR count). The van der Waals surface area contributed by atoms with Gasteiger partial charge in [0.1, 0.15) is 5.75 Å². The number of phenols is 1.